The van der Waals surface area contributed by atoms with Gasteiger partial charge >= 0.3 is 0 Å². The largest absolute Gasteiger partial charge is 0.297 e. The van der Waals surface area contributed by atoms with E-state index >= 15 is 0 Å². The number of hydrogen-bond acceptors (Lipinski definition) is 1. The second-order valence-electron chi connectivity index (χ2n) is 3.93. The average molecular weight is 274 g/mol. The van der Waals surface area contributed by atoms with Crippen molar-refractivity contribution in [3.63, 3.8) is 0 Å². The third-order valence-electron chi connectivity index (χ3n) is 2.44. The summed E-state index contributed by atoms with van der Waals surface area (Å²) in [5.41, 5.74) is 1.01. The van der Waals surface area contributed by atoms with Crippen LogP contribution in [0.15, 0.2) is 22.7 Å². The topological polar surface area (TPSA) is 3.24 Å². The van der Waals surface area contributed by atoms with Gasteiger partial charge in [-0.25, -0.2) is 4.39 Å². The van der Waals surface area contributed by atoms with Crippen molar-refractivity contribution in [3.05, 3.63) is 34.1 Å². The molecule has 0 aliphatic carbocycles. The highest BCUT2D eigenvalue weighted by Crippen LogP contribution is 2.17. The molecule has 0 fully saturated rings. The molecule has 0 atom stereocenters. The molecular formula is C12H17BrFN. The molecule has 0 radical (unpaired) electrons. The van der Waals surface area contributed by atoms with E-state index in [1.54, 1.807) is 6.07 Å². The molecule has 0 heterocycles. The van der Waals surface area contributed by atoms with Crippen molar-refractivity contribution in [2.75, 3.05) is 6.54 Å². The summed E-state index contributed by atoms with van der Waals surface area (Å²) < 4.78 is 13.9. The van der Waals surface area contributed by atoms with Gasteiger partial charge in [-0.1, -0.05) is 22.9 Å². The second-order valence-corrected chi connectivity index (χ2v) is 4.85. The molecule has 0 amide bonds. The minimum atomic E-state index is -0.181. The lowest BCUT2D eigenvalue weighted by Gasteiger charge is -2.24. The Kier molecular flexibility index (Phi) is 4.74. The van der Waals surface area contributed by atoms with Gasteiger partial charge in [0.15, 0.2) is 0 Å². The molecule has 0 aromatic heterocycles. The Balaban J connectivity index is 2.79. The standard InChI is InChI=1S/C12H17BrFN/c1-4-15(9(2)3)8-10-5-11(13)7-12(14)6-10/h5-7,9H,4,8H2,1-3H3. The van der Waals surface area contributed by atoms with Crippen molar-refractivity contribution in [2.24, 2.45) is 0 Å². The number of halogens is 2. The van der Waals surface area contributed by atoms with E-state index in [1.165, 1.54) is 6.07 Å². The monoisotopic (exact) mass is 273 g/mol. The minimum Gasteiger partial charge on any atom is -0.297 e. The summed E-state index contributed by atoms with van der Waals surface area (Å²) in [6.45, 7) is 8.19. The lowest BCUT2D eigenvalue weighted by Crippen LogP contribution is -2.29. The number of benzene rings is 1. The highest BCUT2D eigenvalue weighted by molar-refractivity contribution is 9.10. The number of nitrogens with zero attached hydrogens (tertiary/aromatic N) is 1. The molecule has 0 spiro atoms. The Bertz CT molecular complexity index is 305. The van der Waals surface area contributed by atoms with Crippen molar-refractivity contribution >= 4 is 15.9 Å². The van der Waals surface area contributed by atoms with E-state index in [0.717, 1.165) is 23.1 Å². The van der Waals surface area contributed by atoms with Crippen LogP contribution in [0.25, 0.3) is 0 Å². The predicted octanol–water partition coefficient (Wildman–Crippen LogP) is 3.82. The molecule has 0 N–H and O–H groups in total. The van der Waals surface area contributed by atoms with Gasteiger partial charge in [-0.15, -0.1) is 0 Å². The third-order valence-corrected chi connectivity index (χ3v) is 2.90. The summed E-state index contributed by atoms with van der Waals surface area (Å²) in [7, 11) is 0. The van der Waals surface area contributed by atoms with Crippen LogP contribution in [0.1, 0.15) is 26.3 Å². The first-order valence-electron chi connectivity index (χ1n) is 5.22. The van der Waals surface area contributed by atoms with E-state index in [-0.39, 0.29) is 5.82 Å². The fourth-order valence-electron chi connectivity index (χ4n) is 1.60. The third kappa shape index (κ3) is 3.92. The van der Waals surface area contributed by atoms with Gasteiger partial charge in [0.25, 0.3) is 0 Å². The smallest absolute Gasteiger partial charge is 0.124 e. The zero-order valence-corrected chi connectivity index (χ0v) is 11.0. The van der Waals surface area contributed by atoms with Crippen LogP contribution < -0.4 is 0 Å². The van der Waals surface area contributed by atoms with Crippen LogP contribution in [0.3, 0.4) is 0 Å². The maximum Gasteiger partial charge on any atom is 0.124 e. The molecule has 0 unspecified atom stereocenters. The van der Waals surface area contributed by atoms with Crippen LogP contribution in [0.2, 0.25) is 0 Å². The van der Waals surface area contributed by atoms with E-state index in [1.807, 2.05) is 6.07 Å². The Morgan fingerprint density at radius 2 is 2.00 bits per heavy atom. The van der Waals surface area contributed by atoms with Crippen molar-refractivity contribution in [1.82, 2.24) is 4.90 Å². The molecule has 3 heteroatoms. The molecule has 1 nitrogen and oxygen atoms in total. The Morgan fingerprint density at radius 3 is 2.47 bits per heavy atom. The molecule has 0 bridgehead atoms. The first kappa shape index (κ1) is 12.7. The highest BCUT2D eigenvalue weighted by Gasteiger charge is 2.08. The van der Waals surface area contributed by atoms with E-state index in [4.69, 9.17) is 0 Å². The van der Waals surface area contributed by atoms with Crippen LogP contribution in [-0.2, 0) is 6.54 Å². The van der Waals surface area contributed by atoms with Crippen molar-refractivity contribution in [3.8, 4) is 0 Å². The average Bonchev–Trinajstić information content (AvgIpc) is 2.12. The predicted molar refractivity (Wildman–Crippen MR) is 65.3 cm³/mol. The van der Waals surface area contributed by atoms with Gasteiger partial charge in [0.05, 0.1) is 0 Å². The SMILES string of the molecule is CCN(Cc1cc(F)cc(Br)c1)C(C)C. The van der Waals surface area contributed by atoms with E-state index < -0.39 is 0 Å². The summed E-state index contributed by atoms with van der Waals surface area (Å²) in [5.74, 6) is -0.181. The molecule has 1 aromatic carbocycles. The fraction of sp³-hybridized carbons (Fsp3) is 0.500. The lowest BCUT2D eigenvalue weighted by molar-refractivity contribution is 0.224. The minimum absolute atomic E-state index is 0.181. The summed E-state index contributed by atoms with van der Waals surface area (Å²) >= 11 is 3.30. The Morgan fingerprint density at radius 1 is 1.33 bits per heavy atom. The molecule has 84 valence electrons. The number of rotatable bonds is 4. The van der Waals surface area contributed by atoms with Gasteiger partial charge in [-0.3, -0.25) is 4.90 Å². The van der Waals surface area contributed by atoms with Gasteiger partial charge in [-0.05, 0) is 44.2 Å². The van der Waals surface area contributed by atoms with Crippen LogP contribution >= 0.6 is 15.9 Å². The highest BCUT2D eigenvalue weighted by atomic mass is 79.9. The van der Waals surface area contributed by atoms with Crippen LogP contribution in [-0.4, -0.2) is 17.5 Å². The normalized spacial score (nSPS) is 11.4. The van der Waals surface area contributed by atoms with E-state index in [0.29, 0.717) is 6.04 Å². The van der Waals surface area contributed by atoms with Gasteiger partial charge in [0, 0.05) is 17.1 Å². The van der Waals surface area contributed by atoms with E-state index in [9.17, 15) is 4.39 Å². The van der Waals surface area contributed by atoms with Crippen molar-refractivity contribution in [2.45, 2.75) is 33.4 Å². The summed E-state index contributed by atoms with van der Waals surface area (Å²) in [4.78, 5) is 2.29. The quantitative estimate of drug-likeness (QED) is 0.806. The van der Waals surface area contributed by atoms with Crippen LogP contribution in [0.5, 0.6) is 0 Å². The molecular weight excluding hydrogens is 257 g/mol. The fourth-order valence-corrected chi connectivity index (χ4v) is 2.11. The Hall–Kier alpha value is -0.410. The molecule has 1 aromatic rings. The van der Waals surface area contributed by atoms with Gasteiger partial charge < -0.3 is 0 Å². The molecule has 0 saturated carbocycles. The maximum atomic E-state index is 13.1. The molecule has 0 aliphatic heterocycles. The Labute approximate surface area is 99.4 Å². The van der Waals surface area contributed by atoms with Crippen LogP contribution in [0.4, 0.5) is 4.39 Å². The number of hydrogen-bond donors (Lipinski definition) is 0. The van der Waals surface area contributed by atoms with Crippen LogP contribution in [0, 0.1) is 5.82 Å². The lowest BCUT2D eigenvalue weighted by atomic mass is 10.2. The zero-order chi connectivity index (χ0) is 11.4. The maximum absolute atomic E-state index is 13.1. The van der Waals surface area contributed by atoms with Gasteiger partial charge in [-0.2, -0.15) is 0 Å². The summed E-state index contributed by atoms with van der Waals surface area (Å²) in [6, 6.07) is 5.52. The van der Waals surface area contributed by atoms with Crippen molar-refractivity contribution in [1.29, 1.82) is 0 Å². The summed E-state index contributed by atoms with van der Waals surface area (Å²) in [6.07, 6.45) is 0. The van der Waals surface area contributed by atoms with Gasteiger partial charge in [0.2, 0.25) is 0 Å². The molecule has 0 saturated heterocycles. The van der Waals surface area contributed by atoms with E-state index in [2.05, 4.69) is 41.6 Å². The zero-order valence-electron chi connectivity index (χ0n) is 9.43. The first-order chi connectivity index (χ1) is 7.02. The molecule has 0 aliphatic rings. The molecule has 15 heavy (non-hydrogen) atoms. The first-order valence-corrected chi connectivity index (χ1v) is 6.01. The molecule has 1 rings (SSSR count). The second kappa shape index (κ2) is 5.61. The van der Waals surface area contributed by atoms with Crippen molar-refractivity contribution < 1.29 is 4.39 Å². The van der Waals surface area contributed by atoms with Gasteiger partial charge in [0.1, 0.15) is 5.82 Å². The summed E-state index contributed by atoms with van der Waals surface area (Å²) in [5, 5.41) is 0.